The summed E-state index contributed by atoms with van der Waals surface area (Å²) in [5.74, 6) is 0. The van der Waals surface area contributed by atoms with Crippen LogP contribution < -0.4 is 0 Å². The third-order valence-electron chi connectivity index (χ3n) is 2.68. The van der Waals surface area contributed by atoms with Gasteiger partial charge in [-0.25, -0.2) is 8.42 Å². The van der Waals surface area contributed by atoms with Gasteiger partial charge in [-0.05, 0) is 30.7 Å². The molecule has 5 heteroatoms. The van der Waals surface area contributed by atoms with Crippen LogP contribution in [0, 0.1) is 6.92 Å². The number of aryl methyl sites for hydroxylation is 1. The summed E-state index contributed by atoms with van der Waals surface area (Å²) in [6.07, 6.45) is 3.07. The summed E-state index contributed by atoms with van der Waals surface area (Å²) >= 11 is 0. The molecule has 0 unspecified atom stereocenters. The Hall–Kier alpha value is -1.59. The molecule has 0 saturated heterocycles. The largest absolute Gasteiger partial charge is 0.472 e. The Morgan fingerprint density at radius 1 is 1.28 bits per heavy atom. The molecule has 0 aliphatic carbocycles. The van der Waals surface area contributed by atoms with E-state index in [1.807, 2.05) is 13.0 Å². The van der Waals surface area contributed by atoms with Crippen LogP contribution in [0.2, 0.25) is 0 Å². The first-order chi connectivity index (χ1) is 8.50. The van der Waals surface area contributed by atoms with Crippen LogP contribution in [-0.4, -0.2) is 19.8 Å². The van der Waals surface area contributed by atoms with Gasteiger partial charge in [0.2, 0.25) is 10.0 Å². The van der Waals surface area contributed by atoms with Crippen molar-refractivity contribution >= 4 is 10.0 Å². The first-order valence-electron chi connectivity index (χ1n) is 5.54. The lowest BCUT2D eigenvalue weighted by Gasteiger charge is -2.16. The fourth-order valence-corrected chi connectivity index (χ4v) is 2.94. The van der Waals surface area contributed by atoms with E-state index in [1.54, 1.807) is 37.6 Å². The summed E-state index contributed by atoms with van der Waals surface area (Å²) in [6.45, 7) is 2.17. The molecular formula is C13H15NO3S. The molecule has 0 spiro atoms. The van der Waals surface area contributed by atoms with E-state index in [0.717, 1.165) is 11.1 Å². The molecule has 0 amide bonds. The number of hydrogen-bond donors (Lipinski definition) is 0. The lowest BCUT2D eigenvalue weighted by atomic mass is 10.2. The molecule has 0 atom stereocenters. The van der Waals surface area contributed by atoms with Crippen LogP contribution in [0.15, 0.2) is 52.2 Å². The highest BCUT2D eigenvalue weighted by Gasteiger charge is 2.21. The van der Waals surface area contributed by atoms with E-state index < -0.39 is 10.0 Å². The highest BCUT2D eigenvalue weighted by atomic mass is 32.2. The smallest absolute Gasteiger partial charge is 0.243 e. The van der Waals surface area contributed by atoms with Crippen LogP contribution in [0.4, 0.5) is 0 Å². The number of furan rings is 1. The average Bonchev–Trinajstić information content (AvgIpc) is 2.81. The van der Waals surface area contributed by atoms with Crippen molar-refractivity contribution in [1.82, 2.24) is 4.31 Å². The lowest BCUT2D eigenvalue weighted by Crippen LogP contribution is -2.26. The number of sulfonamides is 1. The van der Waals surface area contributed by atoms with Crippen molar-refractivity contribution in [3.63, 3.8) is 0 Å². The van der Waals surface area contributed by atoms with Crippen molar-refractivity contribution in [2.24, 2.45) is 0 Å². The molecule has 0 radical (unpaired) electrons. The van der Waals surface area contributed by atoms with Gasteiger partial charge >= 0.3 is 0 Å². The van der Waals surface area contributed by atoms with Crippen LogP contribution in [0.1, 0.15) is 11.1 Å². The molecule has 0 bridgehead atoms. The van der Waals surface area contributed by atoms with Crippen LogP contribution in [-0.2, 0) is 16.6 Å². The molecular weight excluding hydrogens is 250 g/mol. The fourth-order valence-electron chi connectivity index (χ4n) is 1.68. The van der Waals surface area contributed by atoms with E-state index in [1.165, 1.54) is 10.6 Å². The van der Waals surface area contributed by atoms with Gasteiger partial charge in [0.15, 0.2) is 0 Å². The van der Waals surface area contributed by atoms with Crippen LogP contribution in [0.3, 0.4) is 0 Å². The molecule has 0 aliphatic heterocycles. The highest BCUT2D eigenvalue weighted by Crippen LogP contribution is 2.17. The Morgan fingerprint density at radius 3 is 2.67 bits per heavy atom. The number of benzene rings is 1. The molecule has 96 valence electrons. The zero-order chi connectivity index (χ0) is 13.2. The van der Waals surface area contributed by atoms with Gasteiger partial charge in [0, 0.05) is 19.2 Å². The van der Waals surface area contributed by atoms with Crippen molar-refractivity contribution in [2.75, 3.05) is 7.05 Å². The Morgan fingerprint density at radius 2 is 2.06 bits per heavy atom. The molecule has 0 saturated carbocycles. The number of rotatable bonds is 4. The SMILES string of the molecule is Cc1cccc(S(=O)(=O)N(C)Cc2ccoc2)c1. The standard InChI is InChI=1S/C13H15NO3S/c1-11-4-3-5-13(8-11)18(15,16)14(2)9-12-6-7-17-10-12/h3-8,10H,9H2,1-2H3. The molecule has 0 N–H and O–H groups in total. The second kappa shape index (κ2) is 4.96. The topological polar surface area (TPSA) is 50.5 Å². The Balaban J connectivity index is 2.25. The molecule has 2 aromatic rings. The minimum atomic E-state index is -3.45. The second-order valence-electron chi connectivity index (χ2n) is 4.21. The van der Waals surface area contributed by atoms with Crippen LogP contribution in [0.25, 0.3) is 0 Å². The summed E-state index contributed by atoms with van der Waals surface area (Å²) in [4.78, 5) is 0.313. The van der Waals surface area contributed by atoms with Crippen LogP contribution >= 0.6 is 0 Å². The molecule has 0 fully saturated rings. The van der Waals surface area contributed by atoms with E-state index in [4.69, 9.17) is 4.42 Å². The molecule has 1 heterocycles. The maximum absolute atomic E-state index is 12.3. The summed E-state index contributed by atoms with van der Waals surface area (Å²) in [5.41, 5.74) is 1.75. The summed E-state index contributed by atoms with van der Waals surface area (Å²) in [7, 11) is -1.89. The van der Waals surface area contributed by atoms with E-state index >= 15 is 0 Å². The predicted molar refractivity (Wildman–Crippen MR) is 68.5 cm³/mol. The maximum atomic E-state index is 12.3. The zero-order valence-corrected chi connectivity index (χ0v) is 11.1. The van der Waals surface area contributed by atoms with E-state index in [9.17, 15) is 8.42 Å². The van der Waals surface area contributed by atoms with Gasteiger partial charge in [-0.1, -0.05) is 12.1 Å². The monoisotopic (exact) mass is 265 g/mol. The Kier molecular flexibility index (Phi) is 3.54. The third kappa shape index (κ3) is 2.63. The summed E-state index contributed by atoms with van der Waals surface area (Å²) in [5, 5.41) is 0. The first kappa shape index (κ1) is 12.9. The molecule has 2 rings (SSSR count). The van der Waals surface area contributed by atoms with E-state index in [0.29, 0.717) is 11.4 Å². The molecule has 4 nitrogen and oxygen atoms in total. The van der Waals surface area contributed by atoms with Crippen LogP contribution in [0.5, 0.6) is 0 Å². The predicted octanol–water partition coefficient (Wildman–Crippen LogP) is 2.41. The van der Waals surface area contributed by atoms with E-state index in [-0.39, 0.29) is 0 Å². The Labute approximate surface area is 107 Å². The van der Waals surface area contributed by atoms with Crippen molar-refractivity contribution in [2.45, 2.75) is 18.4 Å². The lowest BCUT2D eigenvalue weighted by molar-refractivity contribution is 0.463. The first-order valence-corrected chi connectivity index (χ1v) is 6.98. The Bertz CT molecular complexity index is 617. The fraction of sp³-hybridized carbons (Fsp3) is 0.231. The second-order valence-corrected chi connectivity index (χ2v) is 6.25. The van der Waals surface area contributed by atoms with E-state index in [2.05, 4.69) is 0 Å². The van der Waals surface area contributed by atoms with Gasteiger partial charge in [0.05, 0.1) is 17.4 Å². The quantitative estimate of drug-likeness (QED) is 0.853. The van der Waals surface area contributed by atoms with Gasteiger partial charge < -0.3 is 4.42 Å². The van der Waals surface area contributed by atoms with Crippen molar-refractivity contribution in [1.29, 1.82) is 0 Å². The summed E-state index contributed by atoms with van der Waals surface area (Å²) < 4.78 is 30.9. The molecule has 1 aromatic heterocycles. The molecule has 1 aromatic carbocycles. The van der Waals surface area contributed by atoms with Gasteiger partial charge in [-0.3, -0.25) is 0 Å². The summed E-state index contributed by atoms with van der Waals surface area (Å²) in [6, 6.07) is 8.64. The van der Waals surface area contributed by atoms with Gasteiger partial charge in [0.1, 0.15) is 0 Å². The van der Waals surface area contributed by atoms with Gasteiger partial charge in [0.25, 0.3) is 0 Å². The number of hydrogen-bond acceptors (Lipinski definition) is 3. The molecule has 0 aliphatic rings. The van der Waals surface area contributed by atoms with Crippen molar-refractivity contribution in [3.05, 3.63) is 54.0 Å². The molecule has 18 heavy (non-hydrogen) atoms. The minimum Gasteiger partial charge on any atom is -0.472 e. The minimum absolute atomic E-state index is 0.298. The van der Waals surface area contributed by atoms with Crippen molar-refractivity contribution in [3.8, 4) is 0 Å². The van der Waals surface area contributed by atoms with Gasteiger partial charge in [-0.15, -0.1) is 0 Å². The maximum Gasteiger partial charge on any atom is 0.243 e. The normalized spacial score (nSPS) is 11.9. The van der Waals surface area contributed by atoms with Crippen molar-refractivity contribution < 1.29 is 12.8 Å². The third-order valence-corrected chi connectivity index (χ3v) is 4.48. The zero-order valence-electron chi connectivity index (χ0n) is 10.3. The average molecular weight is 265 g/mol. The van der Waals surface area contributed by atoms with Gasteiger partial charge in [-0.2, -0.15) is 4.31 Å². The highest BCUT2D eigenvalue weighted by molar-refractivity contribution is 7.89. The number of nitrogens with zero attached hydrogens (tertiary/aromatic N) is 1.